The van der Waals surface area contributed by atoms with Gasteiger partial charge in [-0.25, -0.2) is 0 Å². The summed E-state index contributed by atoms with van der Waals surface area (Å²) in [6, 6.07) is 0. The summed E-state index contributed by atoms with van der Waals surface area (Å²) in [4.78, 5) is 24.3. The summed E-state index contributed by atoms with van der Waals surface area (Å²) in [6.07, 6.45) is 2.18. The SMILES string of the molecule is COC(=O)C1C2C(=O)OC3C1C1C4C(SC)C1C2C34. The van der Waals surface area contributed by atoms with Gasteiger partial charge in [0.15, 0.2) is 0 Å². The van der Waals surface area contributed by atoms with Crippen LogP contribution in [-0.2, 0) is 19.1 Å². The highest BCUT2D eigenvalue weighted by Crippen LogP contribution is 2.81. The zero-order valence-corrected chi connectivity index (χ0v) is 11.6. The number of thioether (sulfide) groups is 1. The van der Waals surface area contributed by atoms with Gasteiger partial charge in [0.05, 0.1) is 18.9 Å². The van der Waals surface area contributed by atoms with Crippen LogP contribution in [0.5, 0.6) is 0 Å². The molecule has 2 aliphatic heterocycles. The number of ether oxygens (including phenoxy) is 2. The Kier molecular flexibility index (Phi) is 1.81. The van der Waals surface area contributed by atoms with E-state index in [0.29, 0.717) is 34.8 Å². The molecule has 19 heavy (non-hydrogen) atoms. The van der Waals surface area contributed by atoms with E-state index in [1.54, 1.807) is 0 Å². The van der Waals surface area contributed by atoms with E-state index in [9.17, 15) is 9.59 Å². The molecule has 0 aromatic heterocycles. The van der Waals surface area contributed by atoms with E-state index in [1.165, 1.54) is 7.11 Å². The van der Waals surface area contributed by atoms with Gasteiger partial charge in [-0.1, -0.05) is 0 Å². The molecule has 4 nitrogen and oxygen atoms in total. The standard InChI is InChI=1S/C14H16O4S/c1-17-13(15)10-6-3-7-4-5(8(3)12(7)19-2)11(6)18-14(16)9(4)10/h3-12H,1-2H3. The summed E-state index contributed by atoms with van der Waals surface area (Å²) in [6.45, 7) is 0. The second kappa shape index (κ2) is 3.13. The zero-order chi connectivity index (χ0) is 13.0. The number of hydrogen-bond acceptors (Lipinski definition) is 5. The van der Waals surface area contributed by atoms with Crippen LogP contribution in [0.2, 0.25) is 0 Å². The number of carbonyl (C=O) groups is 2. The van der Waals surface area contributed by atoms with Gasteiger partial charge < -0.3 is 9.47 Å². The van der Waals surface area contributed by atoms with Crippen LogP contribution in [-0.4, -0.2) is 36.7 Å². The lowest BCUT2D eigenvalue weighted by atomic mass is 9.50. The number of fused-ring (bicyclic) bond motifs is 1. The van der Waals surface area contributed by atoms with Crippen LogP contribution in [0.1, 0.15) is 0 Å². The van der Waals surface area contributed by atoms with E-state index in [-0.39, 0.29) is 35.8 Å². The van der Waals surface area contributed by atoms with Crippen LogP contribution < -0.4 is 0 Å². The third kappa shape index (κ3) is 0.893. The molecule has 10 atom stereocenters. The van der Waals surface area contributed by atoms with Crippen LogP contribution in [0, 0.1) is 47.3 Å². The summed E-state index contributed by atoms with van der Waals surface area (Å²) in [5, 5.41) is 0.697. The summed E-state index contributed by atoms with van der Waals surface area (Å²) in [5.41, 5.74) is 0. The van der Waals surface area contributed by atoms with E-state index >= 15 is 0 Å². The zero-order valence-electron chi connectivity index (χ0n) is 10.8. The van der Waals surface area contributed by atoms with Gasteiger partial charge in [0.2, 0.25) is 0 Å². The van der Waals surface area contributed by atoms with Crippen molar-refractivity contribution < 1.29 is 19.1 Å². The fourth-order valence-electron chi connectivity index (χ4n) is 6.53. The molecule has 0 aromatic carbocycles. The number of rotatable bonds is 2. The first-order chi connectivity index (χ1) is 9.20. The Morgan fingerprint density at radius 3 is 2.58 bits per heavy atom. The lowest BCUT2D eigenvalue weighted by Gasteiger charge is -2.59. The first-order valence-electron chi connectivity index (χ1n) is 7.02. The molecule has 0 N–H and O–H groups in total. The molecule has 5 aliphatic carbocycles. The van der Waals surface area contributed by atoms with Crippen molar-refractivity contribution in [3.05, 3.63) is 0 Å². The van der Waals surface area contributed by atoms with Gasteiger partial charge in [0.25, 0.3) is 0 Å². The maximum Gasteiger partial charge on any atom is 0.310 e. The third-order valence-corrected chi connectivity index (χ3v) is 7.84. The van der Waals surface area contributed by atoms with Crippen molar-refractivity contribution in [2.24, 2.45) is 47.3 Å². The second-order valence-electron chi connectivity index (χ2n) is 6.64. The fraction of sp³-hybridized carbons (Fsp3) is 0.857. The Morgan fingerprint density at radius 1 is 1.16 bits per heavy atom. The van der Waals surface area contributed by atoms with Gasteiger partial charge in [-0.05, 0) is 29.9 Å². The second-order valence-corrected chi connectivity index (χ2v) is 7.66. The largest absolute Gasteiger partial charge is 0.469 e. The Balaban J connectivity index is 1.63. The van der Waals surface area contributed by atoms with Crippen LogP contribution in [0.4, 0.5) is 0 Å². The molecule has 0 aromatic rings. The van der Waals surface area contributed by atoms with Crippen molar-refractivity contribution in [3.8, 4) is 0 Å². The Hall–Kier alpha value is -0.710. The van der Waals surface area contributed by atoms with E-state index < -0.39 is 0 Å². The van der Waals surface area contributed by atoms with Crippen molar-refractivity contribution in [1.29, 1.82) is 0 Å². The van der Waals surface area contributed by atoms with Crippen LogP contribution in [0.3, 0.4) is 0 Å². The number of methoxy groups -OCH3 is 1. The minimum atomic E-state index is -0.216. The molecule has 7 fully saturated rings. The van der Waals surface area contributed by atoms with Crippen molar-refractivity contribution in [1.82, 2.24) is 0 Å². The van der Waals surface area contributed by atoms with Gasteiger partial charge in [0, 0.05) is 17.1 Å². The molecule has 7 aliphatic rings. The predicted octanol–water partition coefficient (Wildman–Crippen LogP) is 0.800. The molecule has 0 spiro atoms. The predicted molar refractivity (Wildman–Crippen MR) is 67.1 cm³/mol. The van der Waals surface area contributed by atoms with Crippen LogP contribution in [0.25, 0.3) is 0 Å². The molecule has 2 heterocycles. The van der Waals surface area contributed by atoms with Gasteiger partial charge in [0.1, 0.15) is 6.10 Å². The minimum absolute atomic E-state index is 0.00926. The molecule has 2 saturated heterocycles. The monoisotopic (exact) mass is 280 g/mol. The summed E-state index contributed by atoms with van der Waals surface area (Å²) >= 11 is 1.94. The van der Waals surface area contributed by atoms with Crippen molar-refractivity contribution in [2.45, 2.75) is 11.4 Å². The first-order valence-corrected chi connectivity index (χ1v) is 8.30. The molecule has 8 bridgehead atoms. The smallest absolute Gasteiger partial charge is 0.310 e. The maximum atomic E-state index is 12.2. The lowest BCUT2D eigenvalue weighted by molar-refractivity contribution is -0.223. The molecule has 10 unspecified atom stereocenters. The topological polar surface area (TPSA) is 52.6 Å². The summed E-state index contributed by atoms with van der Waals surface area (Å²) in [5.74, 6) is 2.40. The highest BCUT2D eigenvalue weighted by Gasteiger charge is 2.85. The Morgan fingerprint density at radius 2 is 1.89 bits per heavy atom. The minimum Gasteiger partial charge on any atom is -0.469 e. The van der Waals surface area contributed by atoms with E-state index in [2.05, 4.69) is 6.26 Å². The van der Waals surface area contributed by atoms with Gasteiger partial charge in [-0.15, -0.1) is 0 Å². The van der Waals surface area contributed by atoms with Crippen molar-refractivity contribution in [2.75, 3.05) is 13.4 Å². The quantitative estimate of drug-likeness (QED) is 0.700. The maximum absolute atomic E-state index is 12.2. The van der Waals surface area contributed by atoms with Gasteiger partial charge >= 0.3 is 11.9 Å². The fourth-order valence-corrected chi connectivity index (χ4v) is 7.88. The highest BCUT2D eigenvalue weighted by molar-refractivity contribution is 7.99. The molecule has 0 radical (unpaired) electrons. The normalized spacial score (nSPS) is 62.1. The average molecular weight is 280 g/mol. The van der Waals surface area contributed by atoms with Gasteiger partial charge in [-0.3, -0.25) is 9.59 Å². The number of hydrogen-bond donors (Lipinski definition) is 0. The van der Waals surface area contributed by atoms with E-state index in [4.69, 9.17) is 9.47 Å². The first kappa shape index (κ1) is 11.0. The van der Waals surface area contributed by atoms with Gasteiger partial charge in [-0.2, -0.15) is 11.8 Å². The highest BCUT2D eigenvalue weighted by atomic mass is 32.2. The van der Waals surface area contributed by atoms with Crippen molar-refractivity contribution in [3.63, 3.8) is 0 Å². The summed E-state index contributed by atoms with van der Waals surface area (Å²) in [7, 11) is 1.43. The van der Waals surface area contributed by atoms with Crippen LogP contribution >= 0.6 is 11.8 Å². The molecule has 0 amide bonds. The van der Waals surface area contributed by atoms with E-state index in [1.807, 2.05) is 11.8 Å². The number of esters is 2. The molecular weight excluding hydrogens is 264 g/mol. The molecule has 7 rings (SSSR count). The number of carbonyl (C=O) groups excluding carboxylic acids is 2. The average Bonchev–Trinajstić information content (AvgIpc) is 2.97. The van der Waals surface area contributed by atoms with E-state index in [0.717, 1.165) is 0 Å². The molecule has 102 valence electrons. The lowest BCUT2D eigenvalue weighted by Crippen LogP contribution is -2.65. The van der Waals surface area contributed by atoms with Crippen molar-refractivity contribution >= 4 is 23.7 Å². The third-order valence-electron chi connectivity index (χ3n) is 6.67. The molecule has 5 saturated carbocycles. The Bertz CT molecular complexity index is 506. The Labute approximate surface area is 115 Å². The molecule has 5 heteroatoms. The summed E-state index contributed by atoms with van der Waals surface area (Å²) < 4.78 is 10.6. The molecular formula is C14H16O4S. The van der Waals surface area contributed by atoms with Crippen LogP contribution in [0.15, 0.2) is 0 Å².